The summed E-state index contributed by atoms with van der Waals surface area (Å²) in [5.74, 6) is 0.337. The molecule has 1 aliphatic heterocycles. The van der Waals surface area contributed by atoms with Crippen molar-refractivity contribution >= 4 is 27.9 Å². The lowest BCUT2D eigenvalue weighted by atomic mass is 9.99. The van der Waals surface area contributed by atoms with E-state index in [1.807, 2.05) is 42.5 Å². The Morgan fingerprint density at radius 2 is 1.79 bits per heavy atom. The van der Waals surface area contributed by atoms with Crippen molar-refractivity contribution in [3.8, 4) is 5.75 Å². The third-order valence-corrected chi connectivity index (χ3v) is 5.25. The summed E-state index contributed by atoms with van der Waals surface area (Å²) in [5.41, 5.74) is 3.33. The van der Waals surface area contributed by atoms with Crippen LogP contribution in [0.5, 0.6) is 5.75 Å². The van der Waals surface area contributed by atoms with Crippen LogP contribution in [0.25, 0.3) is 16.3 Å². The predicted octanol–water partition coefficient (Wildman–Crippen LogP) is 4.66. The normalized spacial score (nSPS) is 14.6. The van der Waals surface area contributed by atoms with Crippen molar-refractivity contribution in [2.45, 2.75) is 12.8 Å². The Kier molecular flexibility index (Phi) is 5.40. The lowest BCUT2D eigenvalue weighted by molar-refractivity contribution is -0.116. The highest BCUT2D eigenvalue weighted by molar-refractivity contribution is 6.02. The second-order valence-electron chi connectivity index (χ2n) is 7.15. The maximum Gasteiger partial charge on any atom is 0.225 e. The molecule has 1 amide bonds. The Labute approximate surface area is 165 Å². The number of fused-ring (bicyclic) bond motifs is 1. The molecular weight excluding hydrogens is 348 g/mol. The van der Waals surface area contributed by atoms with Gasteiger partial charge in [-0.25, -0.2) is 0 Å². The highest BCUT2D eigenvalue weighted by Crippen LogP contribution is 2.25. The number of nitrogens with one attached hydrogen (secondary N) is 1. The van der Waals surface area contributed by atoms with Gasteiger partial charge in [0.1, 0.15) is 5.75 Å². The summed E-state index contributed by atoms with van der Waals surface area (Å²) in [4.78, 5) is 14.7. The molecule has 0 aromatic heterocycles. The van der Waals surface area contributed by atoms with Crippen LogP contribution >= 0.6 is 0 Å². The fraction of sp³-hybridized carbons (Fsp3) is 0.208. The van der Waals surface area contributed by atoms with Crippen LogP contribution in [0, 0.1) is 0 Å². The highest BCUT2D eigenvalue weighted by atomic mass is 16.3. The first-order chi connectivity index (χ1) is 13.7. The number of rotatable bonds is 5. The number of aromatic hydroxyl groups is 1. The molecule has 4 rings (SSSR count). The van der Waals surface area contributed by atoms with Crippen LogP contribution in [-0.2, 0) is 4.79 Å². The van der Waals surface area contributed by atoms with E-state index in [-0.39, 0.29) is 5.91 Å². The van der Waals surface area contributed by atoms with Gasteiger partial charge in [-0.2, -0.15) is 0 Å². The SMILES string of the molecule is O=C(CCN1CC=C(c2ccc(O)cc2)CC1)Nc1cccc2ccccc12. The molecular formula is C24H24N2O2. The number of nitrogens with zero attached hydrogens (tertiary/aromatic N) is 1. The molecule has 0 bridgehead atoms. The average molecular weight is 372 g/mol. The van der Waals surface area contributed by atoms with Gasteiger partial charge in [-0.3, -0.25) is 9.69 Å². The number of hydrogen-bond donors (Lipinski definition) is 2. The van der Waals surface area contributed by atoms with Crippen molar-refractivity contribution in [1.29, 1.82) is 0 Å². The zero-order valence-electron chi connectivity index (χ0n) is 15.8. The van der Waals surface area contributed by atoms with Gasteiger partial charge in [0.05, 0.1) is 0 Å². The molecule has 0 spiro atoms. The number of phenols is 1. The molecule has 0 radical (unpaired) electrons. The monoisotopic (exact) mass is 372 g/mol. The quantitative estimate of drug-likeness (QED) is 0.685. The van der Waals surface area contributed by atoms with E-state index in [1.54, 1.807) is 12.1 Å². The number of carbonyl (C=O) groups excluding carboxylic acids is 1. The van der Waals surface area contributed by atoms with Crippen LogP contribution in [0.15, 0.2) is 72.8 Å². The first-order valence-corrected chi connectivity index (χ1v) is 9.67. The topological polar surface area (TPSA) is 52.6 Å². The maximum absolute atomic E-state index is 12.4. The third-order valence-electron chi connectivity index (χ3n) is 5.25. The van der Waals surface area contributed by atoms with Crippen molar-refractivity contribution in [2.75, 3.05) is 25.0 Å². The summed E-state index contributed by atoms with van der Waals surface area (Å²) >= 11 is 0. The second-order valence-corrected chi connectivity index (χ2v) is 7.15. The van der Waals surface area contributed by atoms with E-state index in [9.17, 15) is 9.90 Å². The number of carbonyl (C=O) groups is 1. The zero-order chi connectivity index (χ0) is 19.3. The van der Waals surface area contributed by atoms with E-state index in [4.69, 9.17) is 0 Å². The summed E-state index contributed by atoms with van der Waals surface area (Å²) in [6, 6.07) is 21.4. The molecule has 28 heavy (non-hydrogen) atoms. The first kappa shape index (κ1) is 18.3. The molecule has 1 heterocycles. The van der Waals surface area contributed by atoms with E-state index in [0.717, 1.165) is 48.1 Å². The number of benzene rings is 3. The molecule has 0 aliphatic carbocycles. The number of anilines is 1. The summed E-state index contributed by atoms with van der Waals surface area (Å²) < 4.78 is 0. The molecule has 2 N–H and O–H groups in total. The van der Waals surface area contributed by atoms with Gasteiger partial charge in [0.15, 0.2) is 0 Å². The van der Waals surface area contributed by atoms with Crippen LogP contribution in [-0.4, -0.2) is 35.5 Å². The largest absolute Gasteiger partial charge is 0.508 e. The lowest BCUT2D eigenvalue weighted by Crippen LogP contribution is -2.31. The van der Waals surface area contributed by atoms with E-state index < -0.39 is 0 Å². The number of amides is 1. The van der Waals surface area contributed by atoms with E-state index in [1.165, 1.54) is 5.57 Å². The van der Waals surface area contributed by atoms with Gasteiger partial charge < -0.3 is 10.4 Å². The van der Waals surface area contributed by atoms with Crippen molar-refractivity contribution < 1.29 is 9.90 Å². The Bertz CT molecular complexity index is 1000. The molecule has 0 saturated heterocycles. The molecule has 0 unspecified atom stereocenters. The average Bonchev–Trinajstić information content (AvgIpc) is 2.74. The molecule has 0 fully saturated rings. The predicted molar refractivity (Wildman–Crippen MR) is 114 cm³/mol. The van der Waals surface area contributed by atoms with Gasteiger partial charge in [-0.15, -0.1) is 0 Å². The van der Waals surface area contributed by atoms with Crippen molar-refractivity contribution in [1.82, 2.24) is 4.90 Å². The first-order valence-electron chi connectivity index (χ1n) is 9.67. The number of hydrogen-bond acceptors (Lipinski definition) is 3. The summed E-state index contributed by atoms with van der Waals surface area (Å²) in [6.45, 7) is 2.53. The van der Waals surface area contributed by atoms with E-state index in [2.05, 4.69) is 28.4 Å². The van der Waals surface area contributed by atoms with Crippen LogP contribution in [0.1, 0.15) is 18.4 Å². The minimum atomic E-state index is 0.0460. The van der Waals surface area contributed by atoms with E-state index >= 15 is 0 Å². The van der Waals surface area contributed by atoms with Crippen LogP contribution < -0.4 is 5.32 Å². The molecule has 3 aromatic rings. The molecule has 4 nitrogen and oxygen atoms in total. The molecule has 1 aliphatic rings. The molecule has 0 saturated carbocycles. The fourth-order valence-electron chi connectivity index (χ4n) is 3.66. The summed E-state index contributed by atoms with van der Waals surface area (Å²) in [6.07, 6.45) is 3.65. The Hall–Kier alpha value is -3.11. The van der Waals surface area contributed by atoms with Crippen LogP contribution in [0.4, 0.5) is 5.69 Å². The second kappa shape index (κ2) is 8.28. The smallest absolute Gasteiger partial charge is 0.225 e. The Morgan fingerprint density at radius 3 is 2.57 bits per heavy atom. The molecule has 3 aromatic carbocycles. The zero-order valence-corrected chi connectivity index (χ0v) is 15.8. The van der Waals surface area contributed by atoms with Gasteiger partial charge in [0, 0.05) is 37.1 Å². The Balaban J connectivity index is 1.31. The van der Waals surface area contributed by atoms with Crippen molar-refractivity contribution in [3.05, 3.63) is 78.4 Å². The summed E-state index contributed by atoms with van der Waals surface area (Å²) in [7, 11) is 0. The highest BCUT2D eigenvalue weighted by Gasteiger charge is 2.14. The third kappa shape index (κ3) is 4.24. The fourth-order valence-corrected chi connectivity index (χ4v) is 3.66. The van der Waals surface area contributed by atoms with Crippen LogP contribution in [0.2, 0.25) is 0 Å². The van der Waals surface area contributed by atoms with Gasteiger partial charge in [-0.05, 0) is 41.1 Å². The summed E-state index contributed by atoms with van der Waals surface area (Å²) in [5, 5.41) is 14.7. The molecule has 142 valence electrons. The molecule has 0 atom stereocenters. The molecule has 4 heteroatoms. The Morgan fingerprint density at radius 1 is 1.00 bits per heavy atom. The van der Waals surface area contributed by atoms with Gasteiger partial charge in [-0.1, -0.05) is 54.6 Å². The standard InChI is InChI=1S/C24H24N2O2/c27-21-10-8-18(9-11-21)19-12-15-26(16-13-19)17-14-24(28)25-23-7-3-5-20-4-1-2-6-22(20)23/h1-12,27H,13-17H2,(H,25,28). The number of phenolic OH excluding ortho intramolecular Hbond substituents is 1. The maximum atomic E-state index is 12.4. The van der Waals surface area contributed by atoms with Crippen LogP contribution in [0.3, 0.4) is 0 Å². The lowest BCUT2D eigenvalue weighted by Gasteiger charge is -2.26. The van der Waals surface area contributed by atoms with E-state index in [0.29, 0.717) is 12.2 Å². The minimum absolute atomic E-state index is 0.0460. The van der Waals surface area contributed by atoms with Gasteiger partial charge in [0.2, 0.25) is 5.91 Å². The van der Waals surface area contributed by atoms with Crippen molar-refractivity contribution in [3.63, 3.8) is 0 Å². The van der Waals surface area contributed by atoms with Crippen molar-refractivity contribution in [2.24, 2.45) is 0 Å². The minimum Gasteiger partial charge on any atom is -0.508 e. The van der Waals surface area contributed by atoms with Gasteiger partial charge >= 0.3 is 0 Å². The van der Waals surface area contributed by atoms with Gasteiger partial charge in [0.25, 0.3) is 0 Å².